The molecule has 0 heterocycles. The average molecular weight is 404 g/mol. The Bertz CT molecular complexity index is 781. The smallest absolute Gasteiger partial charge is 0.260 e. The van der Waals surface area contributed by atoms with E-state index in [4.69, 9.17) is 16.3 Å². The fourth-order valence-electron chi connectivity index (χ4n) is 3.25. The van der Waals surface area contributed by atoms with E-state index in [1.807, 2.05) is 24.3 Å². The molecular formula is C22H26ClNO2S. The van der Waals surface area contributed by atoms with E-state index in [9.17, 15) is 4.79 Å². The van der Waals surface area contributed by atoms with Crippen molar-refractivity contribution < 1.29 is 9.53 Å². The molecule has 0 fully saturated rings. The monoisotopic (exact) mass is 403 g/mol. The summed E-state index contributed by atoms with van der Waals surface area (Å²) in [7, 11) is 0. The molecule has 1 amide bonds. The summed E-state index contributed by atoms with van der Waals surface area (Å²) >= 11 is 7.76. The van der Waals surface area contributed by atoms with Crippen LogP contribution in [0.1, 0.15) is 36.5 Å². The first-order valence-corrected chi connectivity index (χ1v) is 11.0. The van der Waals surface area contributed by atoms with Crippen molar-refractivity contribution in [3.63, 3.8) is 0 Å². The van der Waals surface area contributed by atoms with Gasteiger partial charge in [0, 0.05) is 23.1 Å². The van der Waals surface area contributed by atoms with Gasteiger partial charge in [-0.2, -0.15) is 11.8 Å². The fraction of sp³-hybridized carbons (Fsp3) is 0.409. The van der Waals surface area contributed by atoms with Gasteiger partial charge in [0.1, 0.15) is 5.75 Å². The fourth-order valence-corrected chi connectivity index (χ4v) is 4.27. The van der Waals surface area contributed by atoms with Crippen molar-refractivity contribution in [1.29, 1.82) is 0 Å². The molecule has 2 aromatic rings. The zero-order chi connectivity index (χ0) is 19.1. The molecule has 1 aliphatic rings. The Kier molecular flexibility index (Phi) is 7.48. The summed E-state index contributed by atoms with van der Waals surface area (Å²) in [6, 6.07) is 14.1. The lowest BCUT2D eigenvalue weighted by molar-refractivity contribution is -0.127. The maximum absolute atomic E-state index is 12.3. The van der Waals surface area contributed by atoms with E-state index < -0.39 is 6.10 Å². The van der Waals surface area contributed by atoms with E-state index in [1.54, 1.807) is 18.7 Å². The number of halogens is 1. The predicted molar refractivity (Wildman–Crippen MR) is 114 cm³/mol. The van der Waals surface area contributed by atoms with Gasteiger partial charge >= 0.3 is 0 Å². The Balaban J connectivity index is 1.37. The van der Waals surface area contributed by atoms with Crippen LogP contribution in [-0.2, 0) is 23.4 Å². The third-order valence-electron chi connectivity index (χ3n) is 4.71. The van der Waals surface area contributed by atoms with Crippen molar-refractivity contribution in [3.8, 4) is 5.75 Å². The second-order valence-electron chi connectivity index (χ2n) is 6.87. The van der Waals surface area contributed by atoms with Crippen LogP contribution in [0, 0.1) is 0 Å². The van der Waals surface area contributed by atoms with E-state index in [2.05, 4.69) is 23.5 Å². The van der Waals surface area contributed by atoms with Gasteiger partial charge in [-0.15, -0.1) is 0 Å². The quantitative estimate of drug-likeness (QED) is 0.628. The standard InChI is InChI=1S/C22H26ClNO2S/c1-16(26-21-10-9-18-6-2-3-7-19(18)14-21)22(25)24-11-12-27-15-17-5-4-8-20(23)13-17/h4-5,8-10,13-14,16H,2-3,6-7,11-12,15H2,1H3,(H,24,25)/t16-/m1/s1. The van der Waals surface area contributed by atoms with Gasteiger partial charge < -0.3 is 10.1 Å². The molecule has 0 aliphatic heterocycles. The lowest BCUT2D eigenvalue weighted by atomic mass is 9.92. The Hall–Kier alpha value is -1.65. The van der Waals surface area contributed by atoms with Gasteiger partial charge in [-0.3, -0.25) is 4.79 Å². The van der Waals surface area contributed by atoms with Crippen molar-refractivity contribution in [3.05, 3.63) is 64.2 Å². The van der Waals surface area contributed by atoms with Gasteiger partial charge in [0.2, 0.25) is 0 Å². The summed E-state index contributed by atoms with van der Waals surface area (Å²) < 4.78 is 5.85. The Morgan fingerprint density at radius 1 is 1.19 bits per heavy atom. The topological polar surface area (TPSA) is 38.3 Å². The first kappa shape index (κ1) is 20.1. The van der Waals surface area contributed by atoms with Crippen LogP contribution in [0.2, 0.25) is 5.02 Å². The van der Waals surface area contributed by atoms with Gasteiger partial charge in [0.25, 0.3) is 5.91 Å². The molecule has 0 bridgehead atoms. The lowest BCUT2D eigenvalue weighted by Gasteiger charge is -2.19. The average Bonchev–Trinajstić information content (AvgIpc) is 2.67. The van der Waals surface area contributed by atoms with Crippen LogP contribution in [0.25, 0.3) is 0 Å². The molecule has 144 valence electrons. The van der Waals surface area contributed by atoms with E-state index in [0.717, 1.165) is 35.1 Å². The summed E-state index contributed by atoms with van der Waals surface area (Å²) in [4.78, 5) is 12.3. The number of hydrogen-bond donors (Lipinski definition) is 1. The highest BCUT2D eigenvalue weighted by atomic mass is 35.5. The molecule has 0 aromatic heterocycles. The Morgan fingerprint density at radius 3 is 2.81 bits per heavy atom. The lowest BCUT2D eigenvalue weighted by Crippen LogP contribution is -2.37. The number of benzene rings is 2. The van der Waals surface area contributed by atoms with E-state index in [1.165, 1.54) is 29.5 Å². The summed E-state index contributed by atoms with van der Waals surface area (Å²) in [6.45, 7) is 2.43. The summed E-state index contributed by atoms with van der Waals surface area (Å²) in [5.74, 6) is 2.45. The van der Waals surface area contributed by atoms with Crippen LogP contribution in [0.4, 0.5) is 0 Å². The summed E-state index contributed by atoms with van der Waals surface area (Å²) in [6.07, 6.45) is 4.26. The number of amides is 1. The minimum Gasteiger partial charge on any atom is -0.481 e. The summed E-state index contributed by atoms with van der Waals surface area (Å²) in [5.41, 5.74) is 3.98. The summed E-state index contributed by atoms with van der Waals surface area (Å²) in [5, 5.41) is 3.71. The normalized spacial score (nSPS) is 14.3. The number of rotatable bonds is 8. The number of carbonyl (C=O) groups excluding carboxylic acids is 1. The number of fused-ring (bicyclic) bond motifs is 1. The van der Waals surface area contributed by atoms with Crippen LogP contribution in [0.5, 0.6) is 5.75 Å². The third-order valence-corrected chi connectivity index (χ3v) is 5.97. The predicted octanol–water partition coefficient (Wildman–Crippen LogP) is 5.04. The van der Waals surface area contributed by atoms with Crippen molar-refractivity contribution in [2.45, 2.75) is 44.5 Å². The largest absolute Gasteiger partial charge is 0.481 e. The maximum Gasteiger partial charge on any atom is 0.260 e. The zero-order valence-electron chi connectivity index (χ0n) is 15.7. The van der Waals surface area contributed by atoms with Crippen molar-refractivity contribution in [2.75, 3.05) is 12.3 Å². The van der Waals surface area contributed by atoms with Gasteiger partial charge in [0.15, 0.2) is 6.10 Å². The van der Waals surface area contributed by atoms with Crippen LogP contribution in [-0.4, -0.2) is 24.3 Å². The second-order valence-corrected chi connectivity index (χ2v) is 8.41. The Labute approximate surface area is 170 Å². The molecule has 1 N–H and O–H groups in total. The second kappa shape index (κ2) is 10.0. The SMILES string of the molecule is C[C@@H](Oc1ccc2c(c1)CCCC2)C(=O)NCCSCc1cccc(Cl)c1. The van der Waals surface area contributed by atoms with Crippen LogP contribution < -0.4 is 10.1 Å². The number of nitrogens with one attached hydrogen (secondary N) is 1. The Morgan fingerprint density at radius 2 is 2.00 bits per heavy atom. The zero-order valence-corrected chi connectivity index (χ0v) is 17.2. The molecule has 0 saturated heterocycles. The van der Waals surface area contributed by atoms with E-state index in [-0.39, 0.29) is 5.91 Å². The van der Waals surface area contributed by atoms with Gasteiger partial charge in [-0.25, -0.2) is 0 Å². The molecule has 5 heteroatoms. The number of aryl methyl sites for hydroxylation is 2. The molecule has 0 spiro atoms. The maximum atomic E-state index is 12.3. The van der Waals surface area contributed by atoms with E-state index >= 15 is 0 Å². The molecule has 27 heavy (non-hydrogen) atoms. The number of carbonyl (C=O) groups is 1. The molecule has 3 rings (SSSR count). The number of hydrogen-bond acceptors (Lipinski definition) is 3. The molecule has 0 radical (unpaired) electrons. The molecule has 2 aromatic carbocycles. The van der Waals surface area contributed by atoms with Crippen molar-refractivity contribution in [1.82, 2.24) is 5.32 Å². The highest BCUT2D eigenvalue weighted by Crippen LogP contribution is 2.25. The van der Waals surface area contributed by atoms with Crippen LogP contribution in [0.15, 0.2) is 42.5 Å². The van der Waals surface area contributed by atoms with Crippen LogP contribution in [0.3, 0.4) is 0 Å². The highest BCUT2D eigenvalue weighted by molar-refractivity contribution is 7.98. The van der Waals surface area contributed by atoms with Gasteiger partial charge in [0.05, 0.1) is 0 Å². The molecule has 0 unspecified atom stereocenters. The molecule has 3 nitrogen and oxygen atoms in total. The molecule has 1 aliphatic carbocycles. The van der Waals surface area contributed by atoms with Crippen molar-refractivity contribution in [2.24, 2.45) is 0 Å². The molecule has 1 atom stereocenters. The van der Waals surface area contributed by atoms with Gasteiger partial charge in [-0.1, -0.05) is 29.8 Å². The molecule has 0 saturated carbocycles. The van der Waals surface area contributed by atoms with Crippen molar-refractivity contribution >= 4 is 29.3 Å². The number of thioether (sulfide) groups is 1. The van der Waals surface area contributed by atoms with Crippen LogP contribution >= 0.6 is 23.4 Å². The first-order valence-electron chi connectivity index (χ1n) is 9.50. The highest BCUT2D eigenvalue weighted by Gasteiger charge is 2.16. The minimum absolute atomic E-state index is 0.0731. The number of ether oxygens (including phenoxy) is 1. The third kappa shape index (κ3) is 6.18. The minimum atomic E-state index is -0.496. The van der Waals surface area contributed by atoms with Gasteiger partial charge in [-0.05, 0) is 73.6 Å². The van der Waals surface area contributed by atoms with E-state index in [0.29, 0.717) is 6.54 Å². The first-order chi connectivity index (χ1) is 13.1. The molecular weight excluding hydrogens is 378 g/mol.